The fraction of sp³-hybridized carbons (Fsp3) is 0.647. The zero-order chi connectivity index (χ0) is 14.2. The lowest BCUT2D eigenvalue weighted by molar-refractivity contribution is 0.317. The summed E-state index contributed by atoms with van der Waals surface area (Å²) < 4.78 is 5.58. The van der Waals surface area contributed by atoms with Crippen molar-refractivity contribution >= 4 is 17.3 Å². The maximum Gasteiger partial charge on any atom is 0.138 e. The Morgan fingerprint density at radius 3 is 2.75 bits per heavy atom. The average molecular weight is 296 g/mol. The number of hydrogen-bond acceptors (Lipinski definition) is 2. The molecule has 1 N–H and O–H groups in total. The molecule has 0 unspecified atom stereocenters. The third kappa shape index (κ3) is 4.90. The first kappa shape index (κ1) is 15.5. The molecule has 0 amide bonds. The molecule has 0 bridgehead atoms. The summed E-state index contributed by atoms with van der Waals surface area (Å²) in [6, 6.07) is 5.98. The van der Waals surface area contributed by atoms with Crippen molar-refractivity contribution in [1.29, 1.82) is 0 Å². The van der Waals surface area contributed by atoms with E-state index in [2.05, 4.69) is 18.3 Å². The third-order valence-corrected chi connectivity index (χ3v) is 4.30. The van der Waals surface area contributed by atoms with Gasteiger partial charge in [0.25, 0.3) is 0 Å². The molecule has 1 aromatic carbocycles. The van der Waals surface area contributed by atoms with Crippen molar-refractivity contribution in [2.45, 2.75) is 51.9 Å². The Hall–Kier alpha value is -0.890. The smallest absolute Gasteiger partial charge is 0.138 e. The van der Waals surface area contributed by atoms with Crippen LogP contribution in [-0.4, -0.2) is 13.2 Å². The second kappa shape index (κ2) is 8.41. The van der Waals surface area contributed by atoms with E-state index in [0.29, 0.717) is 11.6 Å². The van der Waals surface area contributed by atoms with Gasteiger partial charge < -0.3 is 10.1 Å². The minimum atomic E-state index is 0.695. The molecule has 2 rings (SSSR count). The van der Waals surface area contributed by atoms with E-state index in [1.54, 1.807) is 0 Å². The van der Waals surface area contributed by atoms with Gasteiger partial charge in [-0.05, 0) is 37.0 Å². The fourth-order valence-electron chi connectivity index (χ4n) is 2.84. The summed E-state index contributed by atoms with van der Waals surface area (Å²) in [6.45, 7) is 3.85. The fourth-order valence-corrected chi connectivity index (χ4v) is 3.07. The van der Waals surface area contributed by atoms with Crippen LogP contribution in [0, 0.1) is 5.92 Å². The second-order valence-corrected chi connectivity index (χ2v) is 6.12. The third-order valence-electron chi connectivity index (χ3n) is 4.00. The molecule has 0 spiro atoms. The van der Waals surface area contributed by atoms with Gasteiger partial charge in [-0.3, -0.25) is 0 Å². The molecule has 0 heterocycles. The molecule has 1 fully saturated rings. The first-order valence-corrected chi connectivity index (χ1v) is 8.33. The summed E-state index contributed by atoms with van der Waals surface area (Å²) >= 11 is 6.23. The Morgan fingerprint density at radius 2 is 2.05 bits per heavy atom. The molecular formula is C17H26ClNO. The van der Waals surface area contributed by atoms with Crippen LogP contribution in [0.5, 0.6) is 5.75 Å². The number of nitrogens with one attached hydrogen (secondary N) is 1. The first-order valence-electron chi connectivity index (χ1n) is 7.96. The van der Waals surface area contributed by atoms with E-state index in [1.807, 2.05) is 12.1 Å². The molecule has 0 saturated heterocycles. The van der Waals surface area contributed by atoms with E-state index < -0.39 is 0 Å². The molecular weight excluding hydrogens is 270 g/mol. The highest BCUT2D eigenvalue weighted by molar-refractivity contribution is 6.32. The highest BCUT2D eigenvalue weighted by atomic mass is 35.5. The first-order chi connectivity index (χ1) is 9.79. The Balaban J connectivity index is 1.76. The highest BCUT2D eigenvalue weighted by Gasteiger charge is 2.12. The van der Waals surface area contributed by atoms with Gasteiger partial charge in [0.15, 0.2) is 0 Å². The summed E-state index contributed by atoms with van der Waals surface area (Å²) in [5.41, 5.74) is 1.09. The summed E-state index contributed by atoms with van der Waals surface area (Å²) in [7, 11) is 0. The Bertz CT molecular complexity index is 402. The minimum absolute atomic E-state index is 0.695. The van der Waals surface area contributed by atoms with Crippen LogP contribution in [0.2, 0.25) is 5.02 Å². The summed E-state index contributed by atoms with van der Waals surface area (Å²) in [5, 5.41) is 4.17. The number of anilines is 1. The van der Waals surface area contributed by atoms with Crippen LogP contribution in [0.4, 0.5) is 5.69 Å². The number of hydrogen-bond donors (Lipinski definition) is 1. The van der Waals surface area contributed by atoms with Crippen LogP contribution < -0.4 is 10.1 Å². The topological polar surface area (TPSA) is 21.3 Å². The zero-order valence-corrected chi connectivity index (χ0v) is 13.2. The van der Waals surface area contributed by atoms with Gasteiger partial charge in [-0.2, -0.15) is 0 Å². The predicted molar refractivity (Wildman–Crippen MR) is 86.9 cm³/mol. The van der Waals surface area contributed by atoms with Gasteiger partial charge in [-0.25, -0.2) is 0 Å². The second-order valence-electron chi connectivity index (χ2n) is 5.71. The molecule has 1 saturated carbocycles. The van der Waals surface area contributed by atoms with Crippen LogP contribution in [0.25, 0.3) is 0 Å². The van der Waals surface area contributed by atoms with Crippen molar-refractivity contribution in [2.24, 2.45) is 5.92 Å². The summed E-state index contributed by atoms with van der Waals surface area (Å²) in [6.07, 6.45) is 9.35. The molecule has 1 aliphatic rings. The molecule has 0 aromatic heterocycles. The number of ether oxygens (including phenoxy) is 1. The van der Waals surface area contributed by atoms with E-state index in [4.69, 9.17) is 16.3 Å². The number of halogens is 1. The van der Waals surface area contributed by atoms with E-state index >= 15 is 0 Å². The molecule has 20 heavy (non-hydrogen) atoms. The standard InChI is InChI=1S/C17H26ClNO/c1-2-12-20-17-9-8-15(13-16(17)18)19-11-10-14-6-4-3-5-7-14/h8-9,13-14,19H,2-7,10-12H2,1H3. The average Bonchev–Trinajstić information content (AvgIpc) is 2.47. The highest BCUT2D eigenvalue weighted by Crippen LogP contribution is 2.29. The largest absolute Gasteiger partial charge is 0.492 e. The van der Waals surface area contributed by atoms with Crippen LogP contribution in [0.1, 0.15) is 51.9 Å². The SMILES string of the molecule is CCCOc1ccc(NCCC2CCCCC2)cc1Cl. The van der Waals surface area contributed by atoms with Crippen LogP contribution in [0.3, 0.4) is 0 Å². The lowest BCUT2D eigenvalue weighted by atomic mass is 9.87. The van der Waals surface area contributed by atoms with Crippen molar-refractivity contribution in [3.8, 4) is 5.75 Å². The van der Waals surface area contributed by atoms with Gasteiger partial charge in [0.1, 0.15) is 5.75 Å². The van der Waals surface area contributed by atoms with Gasteiger partial charge in [0.05, 0.1) is 11.6 Å². The minimum Gasteiger partial charge on any atom is -0.492 e. The molecule has 112 valence electrons. The van der Waals surface area contributed by atoms with E-state index in [9.17, 15) is 0 Å². The molecule has 1 aliphatic carbocycles. The lowest BCUT2D eigenvalue weighted by Crippen LogP contribution is -2.12. The summed E-state index contributed by atoms with van der Waals surface area (Å²) in [5.74, 6) is 1.70. The molecule has 0 aliphatic heterocycles. The Labute approximate surface area is 127 Å². The van der Waals surface area contributed by atoms with Gasteiger partial charge >= 0.3 is 0 Å². The normalized spacial score (nSPS) is 16.1. The quantitative estimate of drug-likeness (QED) is 0.716. The molecule has 1 aromatic rings. The van der Waals surface area contributed by atoms with Crippen molar-refractivity contribution < 1.29 is 4.74 Å². The molecule has 0 radical (unpaired) electrons. The van der Waals surface area contributed by atoms with Gasteiger partial charge in [-0.1, -0.05) is 50.6 Å². The van der Waals surface area contributed by atoms with Crippen LogP contribution in [-0.2, 0) is 0 Å². The molecule has 2 nitrogen and oxygen atoms in total. The van der Waals surface area contributed by atoms with Crippen molar-refractivity contribution in [1.82, 2.24) is 0 Å². The Morgan fingerprint density at radius 1 is 1.25 bits per heavy atom. The lowest BCUT2D eigenvalue weighted by Gasteiger charge is -2.21. The number of rotatable bonds is 7. The van der Waals surface area contributed by atoms with E-state index in [0.717, 1.165) is 30.3 Å². The van der Waals surface area contributed by atoms with Gasteiger partial charge in [-0.15, -0.1) is 0 Å². The van der Waals surface area contributed by atoms with Crippen LogP contribution >= 0.6 is 11.6 Å². The predicted octanol–water partition coefficient (Wildman–Crippen LogP) is 5.51. The van der Waals surface area contributed by atoms with Crippen molar-refractivity contribution in [3.05, 3.63) is 23.2 Å². The zero-order valence-electron chi connectivity index (χ0n) is 12.5. The van der Waals surface area contributed by atoms with Crippen molar-refractivity contribution in [2.75, 3.05) is 18.5 Å². The van der Waals surface area contributed by atoms with Crippen LogP contribution in [0.15, 0.2) is 18.2 Å². The Kier molecular flexibility index (Phi) is 6.52. The number of benzene rings is 1. The van der Waals surface area contributed by atoms with E-state index in [-0.39, 0.29) is 0 Å². The maximum atomic E-state index is 6.23. The van der Waals surface area contributed by atoms with Crippen molar-refractivity contribution in [3.63, 3.8) is 0 Å². The van der Waals surface area contributed by atoms with Gasteiger partial charge in [0.2, 0.25) is 0 Å². The monoisotopic (exact) mass is 295 g/mol. The van der Waals surface area contributed by atoms with Gasteiger partial charge in [0, 0.05) is 12.2 Å². The molecule has 3 heteroatoms. The molecule has 0 atom stereocenters. The maximum absolute atomic E-state index is 6.23. The van der Waals surface area contributed by atoms with E-state index in [1.165, 1.54) is 38.5 Å². The summed E-state index contributed by atoms with van der Waals surface area (Å²) in [4.78, 5) is 0.